The minimum atomic E-state index is 0.698. The molecule has 2 aromatic rings. The highest BCUT2D eigenvalue weighted by molar-refractivity contribution is 5.42. The lowest BCUT2D eigenvalue weighted by molar-refractivity contribution is 0.771. The number of aromatic nitrogens is 5. The Morgan fingerprint density at radius 3 is 2.85 bits per heavy atom. The van der Waals surface area contributed by atoms with Crippen LogP contribution in [0, 0.1) is 0 Å². The lowest BCUT2D eigenvalue weighted by Gasteiger charge is -2.00. The van der Waals surface area contributed by atoms with Crippen molar-refractivity contribution in [2.75, 3.05) is 12.4 Å². The van der Waals surface area contributed by atoms with E-state index < -0.39 is 0 Å². The number of nitrogens with one attached hydrogen (secondary N) is 1. The van der Waals surface area contributed by atoms with Crippen molar-refractivity contribution in [1.29, 1.82) is 0 Å². The number of nitrogens with zero attached hydrogens (tertiary/aromatic N) is 5. The summed E-state index contributed by atoms with van der Waals surface area (Å²) in [6, 6.07) is 3.74. The molecule has 0 aliphatic carbocycles. The number of pyridine rings is 1. The minimum Gasteiger partial charge on any atom is -0.387 e. The van der Waals surface area contributed by atoms with Crippen LogP contribution in [0.4, 0.5) is 5.69 Å². The summed E-state index contributed by atoms with van der Waals surface area (Å²) in [5.74, 6) is 0.698. The molecule has 0 atom stereocenters. The smallest absolute Gasteiger partial charge is 0.157 e. The van der Waals surface area contributed by atoms with Crippen LogP contribution in [-0.4, -0.2) is 32.2 Å². The van der Waals surface area contributed by atoms with Gasteiger partial charge in [0.15, 0.2) is 5.82 Å². The molecule has 0 aromatic carbocycles. The number of anilines is 1. The fourth-order valence-electron chi connectivity index (χ4n) is 0.936. The van der Waals surface area contributed by atoms with Crippen LogP contribution in [0.3, 0.4) is 0 Å². The fraction of sp³-hybridized carbons (Fsp3) is 0.143. The first kappa shape index (κ1) is 7.66. The zero-order chi connectivity index (χ0) is 9.10. The van der Waals surface area contributed by atoms with Gasteiger partial charge in [-0.15, -0.1) is 5.10 Å². The largest absolute Gasteiger partial charge is 0.387 e. The third-order valence-electron chi connectivity index (χ3n) is 1.62. The first-order chi connectivity index (χ1) is 6.40. The van der Waals surface area contributed by atoms with Gasteiger partial charge in [0.25, 0.3) is 0 Å². The molecule has 2 rings (SSSR count). The molecule has 0 aliphatic rings. The summed E-state index contributed by atoms with van der Waals surface area (Å²) < 4.78 is 1.50. The minimum absolute atomic E-state index is 0.698. The van der Waals surface area contributed by atoms with Crippen molar-refractivity contribution in [3.8, 4) is 5.82 Å². The third kappa shape index (κ3) is 1.46. The van der Waals surface area contributed by atoms with Crippen LogP contribution in [-0.2, 0) is 0 Å². The Morgan fingerprint density at radius 1 is 1.38 bits per heavy atom. The van der Waals surface area contributed by atoms with Gasteiger partial charge in [0.2, 0.25) is 0 Å². The molecule has 0 bridgehead atoms. The Bertz CT molecular complexity index is 364. The lowest BCUT2D eigenvalue weighted by Crippen LogP contribution is -1.98. The van der Waals surface area contributed by atoms with E-state index in [0.717, 1.165) is 5.69 Å². The van der Waals surface area contributed by atoms with E-state index in [9.17, 15) is 0 Å². The van der Waals surface area contributed by atoms with E-state index in [4.69, 9.17) is 0 Å². The number of hydrogen-bond acceptors (Lipinski definition) is 5. The molecule has 0 fully saturated rings. The van der Waals surface area contributed by atoms with Gasteiger partial charge in [0.1, 0.15) is 6.33 Å². The predicted octanol–water partition coefficient (Wildman–Crippen LogP) is 0.0990. The van der Waals surface area contributed by atoms with Crippen molar-refractivity contribution in [1.82, 2.24) is 25.2 Å². The van der Waals surface area contributed by atoms with Crippen molar-refractivity contribution in [3.05, 3.63) is 24.7 Å². The van der Waals surface area contributed by atoms with Crippen LogP contribution >= 0.6 is 0 Å². The Kier molecular flexibility index (Phi) is 1.87. The highest BCUT2D eigenvalue weighted by Gasteiger charge is 1.97. The summed E-state index contributed by atoms with van der Waals surface area (Å²) in [6.07, 6.45) is 3.22. The molecule has 0 radical (unpaired) electrons. The van der Waals surface area contributed by atoms with E-state index in [2.05, 4.69) is 25.8 Å². The van der Waals surface area contributed by atoms with Gasteiger partial charge in [-0.1, -0.05) is 0 Å². The van der Waals surface area contributed by atoms with Crippen LogP contribution in [0.15, 0.2) is 24.7 Å². The van der Waals surface area contributed by atoms with Crippen LogP contribution in [0.25, 0.3) is 5.82 Å². The Hall–Kier alpha value is -1.98. The summed E-state index contributed by atoms with van der Waals surface area (Å²) >= 11 is 0. The highest BCUT2D eigenvalue weighted by atomic mass is 15.5. The van der Waals surface area contributed by atoms with Crippen LogP contribution in [0.2, 0.25) is 0 Å². The Labute approximate surface area is 74.6 Å². The van der Waals surface area contributed by atoms with E-state index in [0.29, 0.717) is 5.82 Å². The SMILES string of the molecule is CNc1ccc(-n2cnnn2)nc1. The first-order valence-electron chi connectivity index (χ1n) is 3.77. The van der Waals surface area contributed by atoms with Crippen molar-refractivity contribution in [3.63, 3.8) is 0 Å². The number of rotatable bonds is 2. The maximum absolute atomic E-state index is 4.15. The molecule has 6 nitrogen and oxygen atoms in total. The molecule has 6 heteroatoms. The van der Waals surface area contributed by atoms with Gasteiger partial charge >= 0.3 is 0 Å². The first-order valence-corrected chi connectivity index (χ1v) is 3.77. The van der Waals surface area contributed by atoms with Gasteiger partial charge in [0, 0.05) is 7.05 Å². The normalized spacial score (nSPS) is 9.92. The topological polar surface area (TPSA) is 68.5 Å². The summed E-state index contributed by atoms with van der Waals surface area (Å²) in [6.45, 7) is 0. The van der Waals surface area contributed by atoms with Crippen molar-refractivity contribution >= 4 is 5.69 Å². The predicted molar refractivity (Wildman–Crippen MR) is 46.5 cm³/mol. The number of tetrazole rings is 1. The van der Waals surface area contributed by atoms with Crippen molar-refractivity contribution < 1.29 is 0 Å². The molecule has 66 valence electrons. The maximum atomic E-state index is 4.15. The fourth-order valence-corrected chi connectivity index (χ4v) is 0.936. The molecular weight excluding hydrogens is 168 g/mol. The molecule has 1 N–H and O–H groups in total. The van der Waals surface area contributed by atoms with Gasteiger partial charge in [-0.25, -0.2) is 4.98 Å². The van der Waals surface area contributed by atoms with Gasteiger partial charge in [-0.3, -0.25) is 0 Å². The zero-order valence-electron chi connectivity index (χ0n) is 7.05. The average molecular weight is 176 g/mol. The second-order valence-electron chi connectivity index (χ2n) is 2.41. The Morgan fingerprint density at radius 2 is 2.31 bits per heavy atom. The summed E-state index contributed by atoms with van der Waals surface area (Å²) in [7, 11) is 1.84. The van der Waals surface area contributed by atoms with Gasteiger partial charge in [0.05, 0.1) is 11.9 Å². The summed E-state index contributed by atoms with van der Waals surface area (Å²) in [5.41, 5.74) is 0.955. The maximum Gasteiger partial charge on any atom is 0.157 e. The molecule has 2 aromatic heterocycles. The number of hydrogen-bond donors (Lipinski definition) is 1. The van der Waals surface area contributed by atoms with E-state index in [1.165, 1.54) is 11.0 Å². The van der Waals surface area contributed by atoms with Crippen LogP contribution in [0.1, 0.15) is 0 Å². The molecular formula is C7H8N6. The molecule has 0 aliphatic heterocycles. The van der Waals surface area contributed by atoms with E-state index in [1.54, 1.807) is 6.20 Å². The molecule has 0 saturated heterocycles. The lowest BCUT2D eigenvalue weighted by atomic mass is 10.4. The highest BCUT2D eigenvalue weighted by Crippen LogP contribution is 2.06. The summed E-state index contributed by atoms with van der Waals surface area (Å²) in [4.78, 5) is 4.15. The van der Waals surface area contributed by atoms with Crippen LogP contribution < -0.4 is 5.32 Å². The molecule has 0 amide bonds. The van der Waals surface area contributed by atoms with Gasteiger partial charge < -0.3 is 5.32 Å². The molecule has 2 heterocycles. The summed E-state index contributed by atoms with van der Waals surface area (Å²) in [5, 5.41) is 13.7. The second kappa shape index (κ2) is 3.18. The van der Waals surface area contributed by atoms with E-state index in [1.807, 2.05) is 19.2 Å². The average Bonchev–Trinajstić information content (AvgIpc) is 2.71. The van der Waals surface area contributed by atoms with Crippen molar-refractivity contribution in [2.45, 2.75) is 0 Å². The quantitative estimate of drug-likeness (QED) is 0.702. The molecule has 0 spiro atoms. The monoisotopic (exact) mass is 176 g/mol. The standard InChI is InChI=1S/C7H8N6/c1-8-6-2-3-7(9-4-6)13-5-10-11-12-13/h2-5,8H,1H3. The van der Waals surface area contributed by atoms with E-state index in [-0.39, 0.29) is 0 Å². The Balaban J connectivity index is 2.33. The van der Waals surface area contributed by atoms with E-state index >= 15 is 0 Å². The molecule has 13 heavy (non-hydrogen) atoms. The van der Waals surface area contributed by atoms with Gasteiger partial charge in [-0.2, -0.15) is 4.68 Å². The molecule has 0 unspecified atom stereocenters. The third-order valence-corrected chi connectivity index (χ3v) is 1.62. The molecule has 0 saturated carbocycles. The zero-order valence-corrected chi connectivity index (χ0v) is 7.05. The van der Waals surface area contributed by atoms with Crippen molar-refractivity contribution in [2.24, 2.45) is 0 Å². The van der Waals surface area contributed by atoms with Crippen LogP contribution in [0.5, 0.6) is 0 Å². The van der Waals surface area contributed by atoms with Gasteiger partial charge in [-0.05, 0) is 22.6 Å². The second-order valence-corrected chi connectivity index (χ2v) is 2.41.